The predicted molar refractivity (Wildman–Crippen MR) is 109 cm³/mol. The molecule has 26 heavy (non-hydrogen) atoms. The first-order valence-corrected chi connectivity index (χ1v) is 10.1. The van der Waals surface area contributed by atoms with Crippen molar-refractivity contribution < 1.29 is 4.79 Å². The molecule has 0 unspecified atom stereocenters. The largest absolute Gasteiger partial charge is 0.296 e. The third-order valence-corrected chi connectivity index (χ3v) is 5.89. The molecule has 134 valence electrons. The molecule has 1 N–H and O–H groups in total. The molecule has 0 bridgehead atoms. The minimum Gasteiger partial charge on any atom is -0.296 e. The zero-order valence-corrected chi connectivity index (χ0v) is 16.7. The minimum atomic E-state index is -0.166. The third kappa shape index (κ3) is 4.93. The van der Waals surface area contributed by atoms with Crippen LogP contribution in [0.5, 0.6) is 0 Å². The quantitative estimate of drug-likeness (QED) is 0.475. The summed E-state index contributed by atoms with van der Waals surface area (Å²) in [5.41, 5.74) is 3.12. The summed E-state index contributed by atoms with van der Waals surface area (Å²) in [5.74, 6) is 0.665. The van der Waals surface area contributed by atoms with E-state index in [2.05, 4.69) is 48.4 Å². The molecule has 1 aromatic heterocycles. The van der Waals surface area contributed by atoms with E-state index >= 15 is 0 Å². The van der Waals surface area contributed by atoms with Gasteiger partial charge in [0.05, 0.1) is 0 Å². The molecule has 0 aliphatic carbocycles. The summed E-state index contributed by atoms with van der Waals surface area (Å²) in [6.07, 6.45) is 0. The number of hydrogen-bond donors (Lipinski definition) is 1. The molecular formula is C20H21N3OS2. The predicted octanol–water partition coefficient (Wildman–Crippen LogP) is 5.38. The number of aromatic nitrogens is 2. The molecule has 2 aromatic carbocycles. The van der Waals surface area contributed by atoms with E-state index in [1.807, 2.05) is 42.5 Å². The fourth-order valence-corrected chi connectivity index (χ4v) is 4.03. The van der Waals surface area contributed by atoms with Crippen molar-refractivity contribution in [3.8, 4) is 0 Å². The van der Waals surface area contributed by atoms with E-state index in [9.17, 15) is 4.79 Å². The van der Waals surface area contributed by atoms with Gasteiger partial charge in [-0.3, -0.25) is 10.1 Å². The van der Waals surface area contributed by atoms with Crippen molar-refractivity contribution in [3.63, 3.8) is 0 Å². The molecule has 0 fully saturated rings. The fraction of sp³-hybridized carbons (Fsp3) is 0.250. The molecule has 3 rings (SSSR count). The zero-order valence-electron chi connectivity index (χ0n) is 15.0. The Morgan fingerprint density at radius 2 is 1.73 bits per heavy atom. The third-order valence-electron chi connectivity index (χ3n) is 3.85. The molecular weight excluding hydrogens is 362 g/mol. The Morgan fingerprint density at radius 1 is 1.04 bits per heavy atom. The first-order chi connectivity index (χ1) is 12.4. The highest BCUT2D eigenvalue weighted by molar-refractivity contribution is 8.00. The molecule has 0 aliphatic rings. The molecule has 1 heterocycles. The monoisotopic (exact) mass is 383 g/mol. The highest BCUT2D eigenvalue weighted by atomic mass is 32.2. The summed E-state index contributed by atoms with van der Waals surface area (Å²) >= 11 is 3.01. The molecule has 0 aliphatic heterocycles. The van der Waals surface area contributed by atoms with Crippen molar-refractivity contribution in [2.24, 2.45) is 0 Å². The van der Waals surface area contributed by atoms with Crippen LogP contribution in [0.4, 0.5) is 5.13 Å². The average Bonchev–Trinajstić information content (AvgIpc) is 3.07. The molecule has 0 saturated heterocycles. The number of nitrogens with one attached hydrogen (secondary N) is 1. The topological polar surface area (TPSA) is 54.9 Å². The highest BCUT2D eigenvalue weighted by Gasteiger charge is 2.15. The summed E-state index contributed by atoms with van der Waals surface area (Å²) in [7, 11) is 0. The van der Waals surface area contributed by atoms with E-state index in [0.29, 0.717) is 10.7 Å². The van der Waals surface area contributed by atoms with Gasteiger partial charge >= 0.3 is 0 Å². The van der Waals surface area contributed by atoms with E-state index in [0.717, 1.165) is 10.1 Å². The Hall–Kier alpha value is -2.18. The van der Waals surface area contributed by atoms with Gasteiger partial charge in [-0.05, 0) is 28.7 Å². The Morgan fingerprint density at radius 3 is 2.38 bits per heavy atom. The normalized spacial score (nSPS) is 11.3. The maximum atomic E-state index is 12.4. The number of anilines is 1. The Kier molecular flexibility index (Phi) is 5.74. The zero-order chi connectivity index (χ0) is 18.6. The van der Waals surface area contributed by atoms with Crippen LogP contribution in [0.15, 0.2) is 58.9 Å². The van der Waals surface area contributed by atoms with Crippen LogP contribution in [-0.2, 0) is 11.2 Å². The van der Waals surface area contributed by atoms with Crippen LogP contribution in [0.2, 0.25) is 0 Å². The van der Waals surface area contributed by atoms with Crippen LogP contribution in [0.3, 0.4) is 0 Å². The number of carbonyl (C=O) groups is 1. The van der Waals surface area contributed by atoms with Crippen LogP contribution >= 0.6 is 23.1 Å². The maximum absolute atomic E-state index is 12.4. The number of amides is 1. The van der Waals surface area contributed by atoms with E-state index in [-0.39, 0.29) is 11.3 Å². The van der Waals surface area contributed by atoms with E-state index in [1.54, 1.807) is 11.8 Å². The van der Waals surface area contributed by atoms with Crippen LogP contribution < -0.4 is 5.32 Å². The molecule has 6 heteroatoms. The lowest BCUT2D eigenvalue weighted by Gasteiger charge is -2.18. The lowest BCUT2D eigenvalue weighted by molar-refractivity contribution is 0.102. The number of carbonyl (C=O) groups excluding carboxylic acids is 1. The summed E-state index contributed by atoms with van der Waals surface area (Å²) in [4.78, 5) is 12.4. The van der Waals surface area contributed by atoms with Crippen LogP contribution in [-0.4, -0.2) is 16.1 Å². The van der Waals surface area contributed by atoms with Crippen LogP contribution in [0.25, 0.3) is 0 Å². The molecule has 0 atom stereocenters. The van der Waals surface area contributed by atoms with Crippen molar-refractivity contribution >= 4 is 34.1 Å². The minimum absolute atomic E-state index is 0.0686. The summed E-state index contributed by atoms with van der Waals surface area (Å²) in [6, 6.07) is 17.9. The lowest BCUT2D eigenvalue weighted by atomic mass is 9.87. The summed E-state index contributed by atoms with van der Waals surface area (Å²) in [5, 5.41) is 11.6. The molecule has 0 spiro atoms. The number of rotatable bonds is 5. The highest BCUT2D eigenvalue weighted by Crippen LogP contribution is 2.28. The lowest BCUT2D eigenvalue weighted by Crippen LogP contribution is -2.14. The molecule has 4 nitrogen and oxygen atoms in total. The van der Waals surface area contributed by atoms with E-state index < -0.39 is 0 Å². The van der Waals surface area contributed by atoms with Gasteiger partial charge in [0, 0.05) is 11.3 Å². The van der Waals surface area contributed by atoms with Crippen molar-refractivity contribution in [3.05, 3.63) is 71.3 Å². The second kappa shape index (κ2) is 8.01. The van der Waals surface area contributed by atoms with Gasteiger partial charge in [-0.25, -0.2) is 0 Å². The SMILES string of the molecule is CC(C)(C)c1ccc(C(=O)Nc2nnc(SCc3ccccc3)s2)cc1. The van der Waals surface area contributed by atoms with E-state index in [1.165, 1.54) is 22.5 Å². The van der Waals surface area contributed by atoms with Crippen molar-refractivity contribution in [1.82, 2.24) is 10.2 Å². The fourth-order valence-electron chi connectivity index (χ4n) is 2.33. The van der Waals surface area contributed by atoms with Gasteiger partial charge in [0.25, 0.3) is 5.91 Å². The van der Waals surface area contributed by atoms with Gasteiger partial charge < -0.3 is 0 Å². The summed E-state index contributed by atoms with van der Waals surface area (Å²) < 4.78 is 0.840. The first kappa shape index (κ1) is 18.6. The number of thioether (sulfide) groups is 1. The van der Waals surface area contributed by atoms with Crippen molar-refractivity contribution in [2.75, 3.05) is 5.32 Å². The Balaban J connectivity index is 1.59. The second-order valence-corrected chi connectivity index (χ2v) is 9.13. The number of benzene rings is 2. The standard InChI is InChI=1S/C20H21N3OS2/c1-20(2,3)16-11-9-15(10-12-16)17(24)21-18-22-23-19(26-18)25-13-14-7-5-4-6-8-14/h4-12H,13H2,1-3H3,(H,21,22,24). The van der Waals surface area contributed by atoms with Gasteiger partial charge in [0.15, 0.2) is 4.34 Å². The van der Waals surface area contributed by atoms with Gasteiger partial charge in [-0.1, -0.05) is 86.3 Å². The van der Waals surface area contributed by atoms with Crippen molar-refractivity contribution in [1.29, 1.82) is 0 Å². The van der Waals surface area contributed by atoms with Crippen molar-refractivity contribution in [2.45, 2.75) is 36.3 Å². The number of nitrogens with zero attached hydrogens (tertiary/aromatic N) is 2. The summed E-state index contributed by atoms with van der Waals surface area (Å²) in [6.45, 7) is 6.45. The first-order valence-electron chi connectivity index (χ1n) is 8.34. The van der Waals surface area contributed by atoms with Gasteiger partial charge in [0.2, 0.25) is 5.13 Å². The smallest absolute Gasteiger partial charge is 0.257 e. The number of hydrogen-bond acceptors (Lipinski definition) is 5. The van der Waals surface area contributed by atoms with Gasteiger partial charge in [0.1, 0.15) is 0 Å². The van der Waals surface area contributed by atoms with Crippen LogP contribution in [0.1, 0.15) is 42.3 Å². The molecule has 0 saturated carbocycles. The maximum Gasteiger partial charge on any atom is 0.257 e. The van der Waals surface area contributed by atoms with E-state index in [4.69, 9.17) is 0 Å². The van der Waals surface area contributed by atoms with Crippen LogP contribution in [0, 0.1) is 0 Å². The van der Waals surface area contributed by atoms with Gasteiger partial charge in [-0.2, -0.15) is 0 Å². The second-order valence-electron chi connectivity index (χ2n) is 6.93. The molecule has 3 aromatic rings. The van der Waals surface area contributed by atoms with Gasteiger partial charge in [-0.15, -0.1) is 10.2 Å². The Bertz CT molecular complexity index is 868. The molecule has 1 amide bonds. The average molecular weight is 384 g/mol. The molecule has 0 radical (unpaired) electrons. The Labute approximate surface area is 162 Å².